The van der Waals surface area contributed by atoms with Gasteiger partial charge in [0.25, 0.3) is 0 Å². The molecule has 0 heterocycles. The molecule has 1 aromatic rings. The van der Waals surface area contributed by atoms with Crippen LogP contribution in [0.25, 0.3) is 0 Å². The van der Waals surface area contributed by atoms with Gasteiger partial charge in [0, 0.05) is 0 Å². The maximum absolute atomic E-state index is 12.9. The molecule has 4 nitrogen and oxygen atoms in total. The SMILES string of the molecule is CCCCCCCCC(CCCCCC)COC(=O)c1ccc(C(=O)OCC(CCCCCC)CCCCCCCC)cc1. The van der Waals surface area contributed by atoms with Crippen molar-refractivity contribution < 1.29 is 19.1 Å². The number of ether oxygens (including phenoxy) is 2. The molecular formula is C40H70O4. The van der Waals surface area contributed by atoms with Gasteiger partial charge in [-0.25, -0.2) is 9.59 Å². The summed E-state index contributed by atoms with van der Waals surface area (Å²) < 4.78 is 11.6. The molecule has 0 bridgehead atoms. The van der Waals surface area contributed by atoms with Crippen molar-refractivity contribution in [2.24, 2.45) is 11.8 Å². The smallest absolute Gasteiger partial charge is 0.338 e. The number of carbonyl (C=O) groups is 2. The van der Waals surface area contributed by atoms with Crippen molar-refractivity contribution in [1.82, 2.24) is 0 Å². The molecule has 0 spiro atoms. The van der Waals surface area contributed by atoms with E-state index in [1.807, 2.05) is 0 Å². The van der Waals surface area contributed by atoms with E-state index >= 15 is 0 Å². The topological polar surface area (TPSA) is 52.6 Å². The zero-order valence-corrected chi connectivity index (χ0v) is 29.5. The molecule has 0 aliphatic heterocycles. The Morgan fingerprint density at radius 2 is 0.682 bits per heavy atom. The summed E-state index contributed by atoms with van der Waals surface area (Å²) in [6.45, 7) is 9.96. The summed E-state index contributed by atoms with van der Waals surface area (Å²) in [7, 11) is 0. The minimum Gasteiger partial charge on any atom is -0.462 e. The predicted octanol–water partition coefficient (Wildman–Crippen LogP) is 12.7. The van der Waals surface area contributed by atoms with Crippen LogP contribution < -0.4 is 0 Å². The van der Waals surface area contributed by atoms with Crippen LogP contribution in [0.2, 0.25) is 0 Å². The molecule has 1 rings (SSSR count). The van der Waals surface area contributed by atoms with Crippen molar-refractivity contribution in [3.63, 3.8) is 0 Å². The van der Waals surface area contributed by atoms with Gasteiger partial charge in [-0.1, -0.05) is 156 Å². The Hall–Kier alpha value is -1.84. The number of benzene rings is 1. The van der Waals surface area contributed by atoms with Crippen LogP contribution in [-0.2, 0) is 9.47 Å². The van der Waals surface area contributed by atoms with E-state index in [1.54, 1.807) is 24.3 Å². The van der Waals surface area contributed by atoms with Crippen LogP contribution in [0.1, 0.15) is 203 Å². The molecule has 0 radical (unpaired) electrons. The molecule has 0 aliphatic rings. The molecule has 0 aromatic heterocycles. The van der Waals surface area contributed by atoms with Gasteiger partial charge < -0.3 is 9.47 Å². The van der Waals surface area contributed by atoms with Gasteiger partial charge in [0.15, 0.2) is 0 Å². The zero-order valence-electron chi connectivity index (χ0n) is 29.5. The number of hydrogen-bond acceptors (Lipinski definition) is 4. The minimum absolute atomic E-state index is 0.294. The van der Waals surface area contributed by atoms with Crippen LogP contribution in [0.5, 0.6) is 0 Å². The van der Waals surface area contributed by atoms with Gasteiger partial charge in [-0.15, -0.1) is 0 Å². The van der Waals surface area contributed by atoms with Crippen LogP contribution >= 0.6 is 0 Å². The molecule has 44 heavy (non-hydrogen) atoms. The van der Waals surface area contributed by atoms with Gasteiger partial charge in [0.05, 0.1) is 24.3 Å². The second-order valence-corrected chi connectivity index (χ2v) is 13.3. The highest BCUT2D eigenvalue weighted by Crippen LogP contribution is 2.22. The molecule has 2 unspecified atom stereocenters. The van der Waals surface area contributed by atoms with Crippen molar-refractivity contribution in [1.29, 1.82) is 0 Å². The Labute approximate surface area is 272 Å². The Bertz CT molecular complexity index is 735. The van der Waals surface area contributed by atoms with Crippen molar-refractivity contribution in [3.8, 4) is 0 Å². The van der Waals surface area contributed by atoms with Crippen molar-refractivity contribution in [2.75, 3.05) is 13.2 Å². The molecule has 4 heteroatoms. The minimum atomic E-state index is -0.294. The highest BCUT2D eigenvalue weighted by atomic mass is 16.5. The number of rotatable bonds is 30. The van der Waals surface area contributed by atoms with Gasteiger partial charge in [-0.3, -0.25) is 0 Å². The van der Waals surface area contributed by atoms with E-state index in [0.717, 1.165) is 25.7 Å². The summed E-state index contributed by atoms with van der Waals surface area (Å²) in [4.78, 5) is 25.7. The molecule has 0 amide bonds. The number of esters is 2. The number of unbranched alkanes of at least 4 members (excludes halogenated alkanes) is 16. The lowest BCUT2D eigenvalue weighted by atomic mass is 9.95. The van der Waals surface area contributed by atoms with E-state index in [2.05, 4.69) is 27.7 Å². The molecule has 2 atom stereocenters. The van der Waals surface area contributed by atoms with Gasteiger partial charge in [0.2, 0.25) is 0 Å². The lowest BCUT2D eigenvalue weighted by Gasteiger charge is -2.18. The maximum atomic E-state index is 12.9. The lowest BCUT2D eigenvalue weighted by Crippen LogP contribution is -2.16. The van der Waals surface area contributed by atoms with Crippen LogP contribution in [0.15, 0.2) is 24.3 Å². The molecule has 0 fully saturated rings. The monoisotopic (exact) mass is 615 g/mol. The average molecular weight is 615 g/mol. The average Bonchev–Trinajstić information content (AvgIpc) is 3.04. The van der Waals surface area contributed by atoms with E-state index in [1.165, 1.54) is 128 Å². The fraction of sp³-hybridized carbons (Fsp3) is 0.800. The molecule has 254 valence electrons. The zero-order chi connectivity index (χ0) is 32.1. The van der Waals surface area contributed by atoms with Gasteiger partial charge in [-0.05, 0) is 61.8 Å². The summed E-state index contributed by atoms with van der Waals surface area (Å²) >= 11 is 0. The second-order valence-electron chi connectivity index (χ2n) is 13.3. The summed E-state index contributed by atoms with van der Waals surface area (Å²) in [6.07, 6.45) is 29.9. The Kier molecular flexibility index (Phi) is 26.1. The first-order valence-electron chi connectivity index (χ1n) is 19.0. The summed E-state index contributed by atoms with van der Waals surface area (Å²) in [5.74, 6) is 0.278. The first-order chi connectivity index (χ1) is 21.5. The van der Waals surface area contributed by atoms with Crippen LogP contribution in [0.4, 0.5) is 0 Å². The summed E-state index contributed by atoms with van der Waals surface area (Å²) in [5, 5.41) is 0. The maximum Gasteiger partial charge on any atom is 0.338 e. The second kappa shape index (κ2) is 28.6. The van der Waals surface area contributed by atoms with E-state index in [0.29, 0.717) is 36.2 Å². The number of carbonyl (C=O) groups excluding carboxylic acids is 2. The van der Waals surface area contributed by atoms with Crippen molar-refractivity contribution in [2.45, 2.75) is 182 Å². The highest BCUT2D eigenvalue weighted by Gasteiger charge is 2.17. The molecule has 1 aromatic carbocycles. The fourth-order valence-electron chi connectivity index (χ4n) is 6.06. The normalized spacial score (nSPS) is 12.6. The third-order valence-electron chi connectivity index (χ3n) is 9.12. The predicted molar refractivity (Wildman–Crippen MR) is 187 cm³/mol. The first-order valence-corrected chi connectivity index (χ1v) is 19.0. The van der Waals surface area contributed by atoms with E-state index < -0.39 is 0 Å². The fourth-order valence-corrected chi connectivity index (χ4v) is 6.06. The van der Waals surface area contributed by atoms with Gasteiger partial charge in [0.1, 0.15) is 0 Å². The van der Waals surface area contributed by atoms with Crippen LogP contribution in [-0.4, -0.2) is 25.2 Å². The van der Waals surface area contributed by atoms with E-state index in [-0.39, 0.29) is 11.9 Å². The first kappa shape index (κ1) is 40.2. The van der Waals surface area contributed by atoms with Crippen molar-refractivity contribution in [3.05, 3.63) is 35.4 Å². The van der Waals surface area contributed by atoms with E-state index in [4.69, 9.17) is 9.47 Å². The number of hydrogen-bond donors (Lipinski definition) is 0. The quantitative estimate of drug-likeness (QED) is 0.0639. The summed E-state index contributed by atoms with van der Waals surface area (Å²) in [6, 6.07) is 6.84. The molecule has 0 saturated carbocycles. The lowest BCUT2D eigenvalue weighted by molar-refractivity contribution is 0.0408. The van der Waals surface area contributed by atoms with E-state index in [9.17, 15) is 9.59 Å². The summed E-state index contributed by atoms with van der Waals surface area (Å²) in [5.41, 5.74) is 1.01. The largest absolute Gasteiger partial charge is 0.462 e. The van der Waals surface area contributed by atoms with Gasteiger partial charge in [-0.2, -0.15) is 0 Å². The van der Waals surface area contributed by atoms with Crippen LogP contribution in [0.3, 0.4) is 0 Å². The molecule has 0 N–H and O–H groups in total. The highest BCUT2D eigenvalue weighted by molar-refractivity contribution is 5.93. The molecule has 0 saturated heterocycles. The Morgan fingerprint density at radius 3 is 0.977 bits per heavy atom. The molecular weight excluding hydrogens is 544 g/mol. The molecule has 0 aliphatic carbocycles. The Morgan fingerprint density at radius 1 is 0.432 bits per heavy atom. The van der Waals surface area contributed by atoms with Gasteiger partial charge >= 0.3 is 11.9 Å². The third-order valence-corrected chi connectivity index (χ3v) is 9.12. The van der Waals surface area contributed by atoms with Crippen molar-refractivity contribution >= 4 is 11.9 Å². The standard InChI is InChI=1S/C40H70O4/c1-5-9-13-17-19-23-27-35(25-21-15-11-7-3)33-43-39(41)37-29-31-38(32-30-37)40(42)44-34-36(26-22-16-12-8-4)28-24-20-18-14-10-6-2/h29-32,35-36H,5-28,33-34H2,1-4H3. The Balaban J connectivity index is 2.55. The third kappa shape index (κ3) is 21.0. The van der Waals surface area contributed by atoms with Crippen LogP contribution in [0, 0.1) is 11.8 Å².